The van der Waals surface area contributed by atoms with Crippen LogP contribution in [-0.2, 0) is 17.5 Å². The summed E-state index contributed by atoms with van der Waals surface area (Å²) in [6.07, 6.45) is -4.10. The van der Waals surface area contributed by atoms with Gasteiger partial charge in [-0.3, -0.25) is 4.79 Å². The van der Waals surface area contributed by atoms with Crippen molar-refractivity contribution in [2.45, 2.75) is 19.6 Å². The Bertz CT molecular complexity index is 334. The Morgan fingerprint density at radius 2 is 2.21 bits per heavy atom. The lowest BCUT2D eigenvalue weighted by molar-refractivity contribution is -0.141. The molecule has 1 aromatic heterocycles. The number of halogens is 3. The number of alkyl halides is 3. The second-order valence-electron chi connectivity index (χ2n) is 2.50. The van der Waals surface area contributed by atoms with Crippen LogP contribution in [0.3, 0.4) is 0 Å². The van der Waals surface area contributed by atoms with Gasteiger partial charge in [0, 0.05) is 0 Å². The van der Waals surface area contributed by atoms with Crippen molar-refractivity contribution in [3.05, 3.63) is 15.6 Å². The van der Waals surface area contributed by atoms with E-state index < -0.39 is 11.9 Å². The maximum atomic E-state index is 12.3. The van der Waals surface area contributed by atoms with E-state index in [1.807, 2.05) is 0 Å². The molecule has 0 radical (unpaired) electrons. The normalized spacial score (nSPS) is 11.4. The summed E-state index contributed by atoms with van der Waals surface area (Å²) in [7, 11) is 0. The molecule has 1 aromatic rings. The summed E-state index contributed by atoms with van der Waals surface area (Å²) in [6.45, 7) is 1.36. The molecule has 0 saturated carbocycles. The van der Waals surface area contributed by atoms with Crippen molar-refractivity contribution in [3.63, 3.8) is 0 Å². The first-order valence-corrected chi connectivity index (χ1v) is 4.47. The van der Waals surface area contributed by atoms with Gasteiger partial charge in [0.15, 0.2) is 5.69 Å². The molecule has 0 fully saturated rings. The van der Waals surface area contributed by atoms with E-state index in [4.69, 9.17) is 0 Å². The highest BCUT2D eigenvalue weighted by atomic mass is 32.1. The Morgan fingerprint density at radius 1 is 1.57 bits per heavy atom. The standard InChI is InChI=1S/C7H7F3N2OS/c1-4-12-6(7(8,9)10)5(14-4)2-11-3-13/h3H,2H2,1H3,(H,11,13). The van der Waals surface area contributed by atoms with E-state index in [2.05, 4.69) is 10.3 Å². The van der Waals surface area contributed by atoms with Gasteiger partial charge in [-0.15, -0.1) is 11.3 Å². The molecular formula is C7H7F3N2OS. The van der Waals surface area contributed by atoms with Crippen LogP contribution >= 0.6 is 11.3 Å². The second-order valence-corrected chi connectivity index (χ2v) is 3.79. The Balaban J connectivity index is 2.97. The third-order valence-electron chi connectivity index (χ3n) is 1.42. The molecule has 0 saturated heterocycles. The zero-order valence-corrected chi connectivity index (χ0v) is 8.00. The number of carbonyl (C=O) groups is 1. The van der Waals surface area contributed by atoms with Gasteiger partial charge in [-0.25, -0.2) is 4.98 Å². The number of rotatable bonds is 3. The quantitative estimate of drug-likeness (QED) is 0.794. The lowest BCUT2D eigenvalue weighted by atomic mass is 10.3. The smallest absolute Gasteiger partial charge is 0.354 e. The van der Waals surface area contributed by atoms with Gasteiger partial charge < -0.3 is 5.32 Å². The van der Waals surface area contributed by atoms with Crippen LogP contribution in [0.15, 0.2) is 0 Å². The lowest BCUT2D eigenvalue weighted by Gasteiger charge is -2.04. The van der Waals surface area contributed by atoms with E-state index >= 15 is 0 Å². The Labute approximate surface area is 82.0 Å². The van der Waals surface area contributed by atoms with Gasteiger partial charge in [-0.1, -0.05) is 0 Å². The van der Waals surface area contributed by atoms with Gasteiger partial charge in [0.2, 0.25) is 6.41 Å². The average molecular weight is 224 g/mol. The molecule has 3 nitrogen and oxygen atoms in total. The number of thiazole rings is 1. The minimum absolute atomic E-state index is 0.0297. The third-order valence-corrected chi connectivity index (χ3v) is 2.39. The molecule has 1 heterocycles. The zero-order chi connectivity index (χ0) is 10.8. The molecule has 7 heteroatoms. The zero-order valence-electron chi connectivity index (χ0n) is 7.18. The summed E-state index contributed by atoms with van der Waals surface area (Å²) >= 11 is 0.929. The highest BCUT2D eigenvalue weighted by Crippen LogP contribution is 2.33. The molecule has 78 valence electrons. The molecule has 1 rings (SSSR count). The monoisotopic (exact) mass is 224 g/mol. The van der Waals surface area contributed by atoms with Crippen molar-refractivity contribution in [2.75, 3.05) is 0 Å². The van der Waals surface area contributed by atoms with E-state index in [0.717, 1.165) is 11.3 Å². The SMILES string of the molecule is Cc1nc(C(F)(F)F)c(CNC=O)s1. The number of aryl methyl sites for hydroxylation is 1. The Hall–Kier alpha value is -1.11. The first-order valence-electron chi connectivity index (χ1n) is 3.65. The lowest BCUT2D eigenvalue weighted by Crippen LogP contribution is -2.14. The van der Waals surface area contributed by atoms with Gasteiger partial charge in [-0.2, -0.15) is 13.2 Å². The predicted molar refractivity (Wildman–Crippen MR) is 44.8 cm³/mol. The minimum Gasteiger partial charge on any atom is -0.354 e. The third kappa shape index (κ3) is 2.44. The van der Waals surface area contributed by atoms with Crippen LogP contribution in [0.2, 0.25) is 0 Å². The number of nitrogens with zero attached hydrogens (tertiary/aromatic N) is 1. The van der Waals surface area contributed by atoms with Crippen LogP contribution in [0.4, 0.5) is 13.2 Å². The summed E-state index contributed by atoms with van der Waals surface area (Å²) in [4.78, 5) is 13.3. The van der Waals surface area contributed by atoms with E-state index in [9.17, 15) is 18.0 Å². The largest absolute Gasteiger partial charge is 0.434 e. The van der Waals surface area contributed by atoms with Crippen LogP contribution < -0.4 is 5.32 Å². The molecule has 1 amide bonds. The molecule has 0 aliphatic rings. The molecule has 0 atom stereocenters. The molecule has 0 aromatic carbocycles. The minimum atomic E-state index is -4.45. The van der Waals surface area contributed by atoms with Crippen LogP contribution in [0.25, 0.3) is 0 Å². The first-order chi connectivity index (χ1) is 6.45. The summed E-state index contributed by atoms with van der Waals surface area (Å²) in [5.74, 6) is 0. The van der Waals surface area contributed by atoms with Crippen molar-refractivity contribution in [3.8, 4) is 0 Å². The molecule has 0 spiro atoms. The van der Waals surface area contributed by atoms with Gasteiger partial charge in [0.1, 0.15) is 0 Å². The van der Waals surface area contributed by atoms with E-state index in [-0.39, 0.29) is 11.4 Å². The number of hydrogen-bond donors (Lipinski definition) is 1. The van der Waals surface area contributed by atoms with E-state index in [0.29, 0.717) is 11.4 Å². The molecular weight excluding hydrogens is 217 g/mol. The van der Waals surface area contributed by atoms with Crippen LogP contribution in [0, 0.1) is 6.92 Å². The van der Waals surface area contributed by atoms with Crippen LogP contribution in [-0.4, -0.2) is 11.4 Å². The number of hydrogen-bond acceptors (Lipinski definition) is 3. The fourth-order valence-electron chi connectivity index (χ4n) is 0.945. The van der Waals surface area contributed by atoms with E-state index in [1.54, 1.807) is 0 Å². The summed E-state index contributed by atoms with van der Waals surface area (Å²) in [5, 5.41) is 2.51. The van der Waals surface area contributed by atoms with Gasteiger partial charge >= 0.3 is 6.18 Å². The van der Waals surface area contributed by atoms with Crippen molar-refractivity contribution >= 4 is 17.7 Å². The topological polar surface area (TPSA) is 42.0 Å². The van der Waals surface area contributed by atoms with Gasteiger partial charge in [-0.05, 0) is 6.92 Å². The molecule has 14 heavy (non-hydrogen) atoms. The number of nitrogens with one attached hydrogen (secondary N) is 1. The van der Waals surface area contributed by atoms with Crippen LogP contribution in [0.5, 0.6) is 0 Å². The fourth-order valence-corrected chi connectivity index (χ4v) is 1.85. The molecule has 0 aliphatic heterocycles. The Kier molecular flexibility index (Phi) is 3.10. The van der Waals surface area contributed by atoms with Crippen molar-refractivity contribution < 1.29 is 18.0 Å². The summed E-state index contributed by atoms with van der Waals surface area (Å²) < 4.78 is 37.0. The Morgan fingerprint density at radius 3 is 2.71 bits per heavy atom. The predicted octanol–water partition coefficient (Wildman–Crippen LogP) is 1.72. The van der Waals surface area contributed by atoms with Crippen LogP contribution in [0.1, 0.15) is 15.6 Å². The number of aromatic nitrogens is 1. The number of amides is 1. The number of carbonyl (C=O) groups excluding carboxylic acids is 1. The van der Waals surface area contributed by atoms with Gasteiger partial charge in [0.05, 0.1) is 16.4 Å². The highest BCUT2D eigenvalue weighted by molar-refractivity contribution is 7.11. The first kappa shape index (κ1) is 11.0. The van der Waals surface area contributed by atoms with E-state index in [1.165, 1.54) is 6.92 Å². The fraction of sp³-hybridized carbons (Fsp3) is 0.429. The molecule has 0 unspecified atom stereocenters. The maximum Gasteiger partial charge on any atom is 0.434 e. The summed E-state index contributed by atoms with van der Waals surface area (Å²) in [6, 6.07) is 0. The van der Waals surface area contributed by atoms with Crippen molar-refractivity contribution in [1.82, 2.24) is 10.3 Å². The van der Waals surface area contributed by atoms with Gasteiger partial charge in [0.25, 0.3) is 0 Å². The molecule has 1 N–H and O–H groups in total. The average Bonchev–Trinajstić information content (AvgIpc) is 2.42. The molecule has 0 aliphatic carbocycles. The highest BCUT2D eigenvalue weighted by Gasteiger charge is 2.36. The van der Waals surface area contributed by atoms with Crippen molar-refractivity contribution in [1.29, 1.82) is 0 Å². The summed E-state index contributed by atoms with van der Waals surface area (Å²) in [5.41, 5.74) is -0.908. The van der Waals surface area contributed by atoms with Crippen molar-refractivity contribution in [2.24, 2.45) is 0 Å². The second kappa shape index (κ2) is 3.95. The maximum absolute atomic E-state index is 12.3. The molecule has 0 bridgehead atoms.